The van der Waals surface area contributed by atoms with Crippen molar-refractivity contribution < 1.29 is 29.0 Å². The van der Waals surface area contributed by atoms with E-state index in [0.717, 1.165) is 6.42 Å². The molecule has 3 aliphatic rings. The standard InChI is InChI=1S/C24H23ClFN3O6/c25-15-9-12(4-5-16(15)26)11-28-8-6-14-18(22(28)34)20(32)23(35)29-19(14)21(33)27-24(29)7-2-1-3-13(24)10-17(30)31/h4-5,9,13,32H,1-3,6-8,10-11H2,(H,27,33)(H,30,31). The van der Waals surface area contributed by atoms with Crippen molar-refractivity contribution in [3.8, 4) is 5.75 Å². The van der Waals surface area contributed by atoms with Gasteiger partial charge >= 0.3 is 5.97 Å². The highest BCUT2D eigenvalue weighted by atomic mass is 35.5. The van der Waals surface area contributed by atoms with E-state index in [1.165, 1.54) is 27.7 Å². The average molecular weight is 504 g/mol. The van der Waals surface area contributed by atoms with E-state index < -0.39 is 46.5 Å². The maximum absolute atomic E-state index is 13.5. The molecule has 1 spiro atoms. The second kappa shape index (κ2) is 8.37. The second-order valence-electron chi connectivity index (χ2n) is 9.34. The van der Waals surface area contributed by atoms with Crippen molar-refractivity contribution in [1.29, 1.82) is 0 Å². The fourth-order valence-electron chi connectivity index (χ4n) is 5.80. The summed E-state index contributed by atoms with van der Waals surface area (Å²) in [5, 5.41) is 23.1. The van der Waals surface area contributed by atoms with Crippen LogP contribution in [0.15, 0.2) is 23.0 Å². The highest BCUT2D eigenvalue weighted by Gasteiger charge is 2.53. The molecule has 184 valence electrons. The number of aliphatic carboxylic acids is 1. The van der Waals surface area contributed by atoms with Gasteiger partial charge in [-0.25, -0.2) is 4.39 Å². The van der Waals surface area contributed by atoms with E-state index in [-0.39, 0.29) is 47.8 Å². The smallest absolute Gasteiger partial charge is 0.303 e. The van der Waals surface area contributed by atoms with Crippen LogP contribution in [-0.2, 0) is 23.4 Å². The van der Waals surface area contributed by atoms with E-state index in [4.69, 9.17) is 11.6 Å². The highest BCUT2D eigenvalue weighted by Crippen LogP contribution is 2.44. The summed E-state index contributed by atoms with van der Waals surface area (Å²) < 4.78 is 14.7. The highest BCUT2D eigenvalue weighted by molar-refractivity contribution is 6.30. The molecule has 2 unspecified atom stereocenters. The van der Waals surface area contributed by atoms with Crippen LogP contribution in [0.3, 0.4) is 0 Å². The van der Waals surface area contributed by atoms with Gasteiger partial charge in [0, 0.05) is 24.6 Å². The normalized spacial score (nSPS) is 23.3. The Balaban J connectivity index is 1.58. The lowest BCUT2D eigenvalue weighted by Gasteiger charge is -2.42. The molecule has 1 aliphatic carbocycles. The van der Waals surface area contributed by atoms with Crippen molar-refractivity contribution in [2.45, 2.75) is 50.7 Å². The first-order valence-electron chi connectivity index (χ1n) is 11.4. The second-order valence-corrected chi connectivity index (χ2v) is 9.74. The maximum Gasteiger partial charge on any atom is 0.303 e. The molecule has 1 fully saturated rings. The van der Waals surface area contributed by atoms with Crippen LogP contribution in [0, 0.1) is 11.7 Å². The Morgan fingerprint density at radius 1 is 1.26 bits per heavy atom. The molecule has 1 aromatic heterocycles. The number of hydrogen-bond acceptors (Lipinski definition) is 5. The summed E-state index contributed by atoms with van der Waals surface area (Å²) in [5.74, 6) is -4.10. The first-order valence-corrected chi connectivity index (χ1v) is 11.8. The molecule has 0 saturated heterocycles. The number of carbonyl (C=O) groups is 3. The van der Waals surface area contributed by atoms with Crippen LogP contribution < -0.4 is 10.9 Å². The van der Waals surface area contributed by atoms with Crippen molar-refractivity contribution in [2.75, 3.05) is 6.54 Å². The number of aromatic hydroxyl groups is 1. The summed E-state index contributed by atoms with van der Waals surface area (Å²) in [6.07, 6.45) is 2.25. The molecule has 2 aliphatic heterocycles. The Morgan fingerprint density at radius 3 is 2.74 bits per heavy atom. The summed E-state index contributed by atoms with van der Waals surface area (Å²) in [7, 11) is 0. The molecule has 1 aromatic carbocycles. The third kappa shape index (κ3) is 3.58. The van der Waals surface area contributed by atoms with Gasteiger partial charge in [-0.3, -0.25) is 23.7 Å². The molecule has 0 radical (unpaired) electrons. The molecule has 5 rings (SSSR count). The lowest BCUT2D eigenvalue weighted by molar-refractivity contribution is -0.140. The van der Waals surface area contributed by atoms with Crippen molar-refractivity contribution >= 4 is 29.4 Å². The quantitative estimate of drug-likeness (QED) is 0.588. The molecule has 2 amide bonds. The third-order valence-corrected chi connectivity index (χ3v) is 7.63. The number of benzene rings is 1. The van der Waals surface area contributed by atoms with Crippen LogP contribution >= 0.6 is 11.6 Å². The van der Waals surface area contributed by atoms with Gasteiger partial charge < -0.3 is 20.4 Å². The minimum atomic E-state index is -1.25. The van der Waals surface area contributed by atoms with Gasteiger partial charge in [-0.05, 0) is 43.4 Å². The van der Waals surface area contributed by atoms with Gasteiger partial charge in [0.2, 0.25) is 0 Å². The van der Waals surface area contributed by atoms with E-state index in [1.807, 2.05) is 0 Å². The number of amides is 2. The zero-order valence-corrected chi connectivity index (χ0v) is 19.4. The molecule has 9 nitrogen and oxygen atoms in total. The number of aromatic nitrogens is 1. The van der Waals surface area contributed by atoms with Crippen LogP contribution in [0.2, 0.25) is 5.02 Å². The number of carboxylic acid groups (broad SMARTS) is 1. The monoisotopic (exact) mass is 503 g/mol. The van der Waals surface area contributed by atoms with Crippen LogP contribution in [0.4, 0.5) is 4.39 Å². The number of rotatable bonds is 4. The molecular formula is C24H23ClFN3O6. The first-order chi connectivity index (χ1) is 16.6. The molecule has 2 aromatic rings. The van der Waals surface area contributed by atoms with Gasteiger partial charge in [0.05, 0.1) is 17.0 Å². The predicted molar refractivity (Wildman–Crippen MR) is 122 cm³/mol. The first kappa shape index (κ1) is 23.3. The van der Waals surface area contributed by atoms with E-state index in [2.05, 4.69) is 5.32 Å². The van der Waals surface area contributed by atoms with Gasteiger partial charge in [0.15, 0.2) is 5.75 Å². The fraction of sp³-hybridized carbons (Fsp3) is 0.417. The van der Waals surface area contributed by atoms with Gasteiger partial charge in [0.1, 0.15) is 17.2 Å². The summed E-state index contributed by atoms with van der Waals surface area (Å²) >= 11 is 5.85. The number of nitrogens with one attached hydrogen (secondary N) is 1. The number of nitrogens with zero attached hydrogens (tertiary/aromatic N) is 2. The van der Waals surface area contributed by atoms with Crippen molar-refractivity contribution in [2.24, 2.45) is 5.92 Å². The summed E-state index contributed by atoms with van der Waals surface area (Å²) in [6, 6.07) is 4.09. The Kier molecular flexibility index (Phi) is 5.58. The van der Waals surface area contributed by atoms with E-state index in [9.17, 15) is 33.8 Å². The number of fused-ring (bicyclic) bond motifs is 4. The maximum atomic E-state index is 13.5. The predicted octanol–water partition coefficient (Wildman–Crippen LogP) is 2.61. The van der Waals surface area contributed by atoms with Crippen molar-refractivity contribution in [3.05, 3.63) is 61.8 Å². The molecule has 35 heavy (non-hydrogen) atoms. The van der Waals surface area contributed by atoms with Crippen LogP contribution in [0.25, 0.3) is 0 Å². The van der Waals surface area contributed by atoms with Crippen LogP contribution in [0.1, 0.15) is 64.1 Å². The van der Waals surface area contributed by atoms with E-state index in [1.54, 1.807) is 0 Å². The zero-order chi connectivity index (χ0) is 25.1. The molecule has 2 atom stereocenters. The molecule has 0 bridgehead atoms. The Bertz CT molecular complexity index is 1340. The van der Waals surface area contributed by atoms with Crippen molar-refractivity contribution in [3.63, 3.8) is 0 Å². The van der Waals surface area contributed by atoms with Crippen LogP contribution in [-0.4, -0.2) is 44.0 Å². The zero-order valence-electron chi connectivity index (χ0n) is 18.6. The molecule has 11 heteroatoms. The van der Waals surface area contributed by atoms with Gasteiger partial charge in [-0.2, -0.15) is 0 Å². The third-order valence-electron chi connectivity index (χ3n) is 7.34. The number of halogens is 2. The number of carbonyl (C=O) groups excluding carboxylic acids is 2. The van der Waals surface area contributed by atoms with Gasteiger partial charge in [-0.1, -0.05) is 24.1 Å². The van der Waals surface area contributed by atoms with E-state index in [0.29, 0.717) is 24.8 Å². The number of hydrogen-bond donors (Lipinski definition) is 3. The lowest BCUT2D eigenvalue weighted by Crippen LogP contribution is -2.55. The Labute approximate surface area is 204 Å². The minimum Gasteiger partial charge on any atom is -0.502 e. The fourth-order valence-corrected chi connectivity index (χ4v) is 6.00. The van der Waals surface area contributed by atoms with E-state index >= 15 is 0 Å². The van der Waals surface area contributed by atoms with Gasteiger partial charge in [-0.15, -0.1) is 0 Å². The Morgan fingerprint density at radius 2 is 2.03 bits per heavy atom. The summed E-state index contributed by atoms with van der Waals surface area (Å²) in [6.45, 7) is 0.275. The topological polar surface area (TPSA) is 129 Å². The summed E-state index contributed by atoms with van der Waals surface area (Å²) in [4.78, 5) is 52.9. The number of pyridine rings is 1. The molecular weight excluding hydrogens is 481 g/mol. The van der Waals surface area contributed by atoms with Crippen molar-refractivity contribution in [1.82, 2.24) is 14.8 Å². The molecule has 3 heterocycles. The lowest BCUT2D eigenvalue weighted by atomic mass is 9.77. The van der Waals surface area contributed by atoms with Gasteiger partial charge in [0.25, 0.3) is 17.4 Å². The SMILES string of the molecule is O=C(O)CC1CCCCC12NC(=O)c1c3c(c(O)c(=O)n12)C(=O)N(Cc1ccc(F)c(Cl)c1)CC3. The average Bonchev–Trinajstić information content (AvgIpc) is 3.10. The largest absolute Gasteiger partial charge is 0.502 e. The minimum absolute atomic E-state index is 0.0120. The molecule has 1 saturated carbocycles. The molecule has 3 N–H and O–H groups in total. The Hall–Kier alpha value is -3.40. The van der Waals surface area contributed by atoms with Crippen LogP contribution in [0.5, 0.6) is 5.75 Å². The summed E-state index contributed by atoms with van der Waals surface area (Å²) in [5.41, 5.74) is -1.51. The number of carboxylic acids is 1.